The SMILES string of the molecule is COc1ccc(C(=O)Oc2ccc3ccccc3c2/C=N\NC(=O)[C@@H](C)Oc2ccccc2[N+](=O)[O-])cc1. The molecule has 0 aromatic heterocycles. The highest BCUT2D eigenvalue weighted by molar-refractivity contribution is 6.04. The number of nitrogens with one attached hydrogen (secondary N) is 1. The van der Waals surface area contributed by atoms with E-state index in [1.54, 1.807) is 36.4 Å². The molecule has 1 atom stereocenters. The van der Waals surface area contributed by atoms with Crippen LogP contribution in [-0.4, -0.2) is 36.2 Å². The largest absolute Gasteiger partial charge is 0.497 e. The van der Waals surface area contributed by atoms with Crippen molar-refractivity contribution in [3.05, 3.63) is 106 Å². The maximum atomic E-state index is 12.8. The lowest BCUT2D eigenvalue weighted by atomic mass is 10.0. The number of amides is 1. The molecule has 0 fully saturated rings. The Bertz CT molecular complexity index is 1520. The Labute approximate surface area is 217 Å². The summed E-state index contributed by atoms with van der Waals surface area (Å²) in [5.41, 5.74) is 2.92. The van der Waals surface area contributed by atoms with E-state index >= 15 is 0 Å². The summed E-state index contributed by atoms with van der Waals surface area (Å²) in [4.78, 5) is 36.0. The van der Waals surface area contributed by atoms with Crippen LogP contribution < -0.4 is 19.6 Å². The van der Waals surface area contributed by atoms with Crippen molar-refractivity contribution in [3.63, 3.8) is 0 Å². The summed E-state index contributed by atoms with van der Waals surface area (Å²) in [5.74, 6) is -0.391. The number of fused-ring (bicyclic) bond motifs is 1. The Morgan fingerprint density at radius 2 is 1.66 bits per heavy atom. The molecule has 192 valence electrons. The van der Waals surface area contributed by atoms with Crippen LogP contribution >= 0.6 is 0 Å². The summed E-state index contributed by atoms with van der Waals surface area (Å²) in [6, 6.07) is 23.1. The Balaban J connectivity index is 1.53. The molecule has 0 saturated heterocycles. The molecule has 1 N–H and O–H groups in total. The maximum Gasteiger partial charge on any atom is 0.343 e. The number of hydrazone groups is 1. The van der Waals surface area contributed by atoms with Gasteiger partial charge in [-0.2, -0.15) is 5.10 Å². The standard InChI is InChI=1S/C28H23N3O7/c1-18(37-26-10-6-5-9-24(26)31(34)35)27(32)30-29-17-23-22-8-4-3-7-19(22)13-16-25(23)38-28(33)20-11-14-21(36-2)15-12-20/h3-18H,1-2H3,(H,30,32)/b29-17-/t18-/m1/s1. The van der Waals surface area contributed by atoms with E-state index < -0.39 is 22.9 Å². The summed E-state index contributed by atoms with van der Waals surface area (Å²) in [6.07, 6.45) is 0.294. The molecule has 0 spiro atoms. The highest BCUT2D eigenvalue weighted by Gasteiger charge is 2.20. The summed E-state index contributed by atoms with van der Waals surface area (Å²) in [7, 11) is 1.53. The topological polar surface area (TPSA) is 129 Å². The second kappa shape index (κ2) is 11.7. The van der Waals surface area contributed by atoms with Gasteiger partial charge in [-0.05, 0) is 54.1 Å². The van der Waals surface area contributed by atoms with Crippen LogP contribution in [0.25, 0.3) is 10.8 Å². The quantitative estimate of drug-likeness (QED) is 0.111. The van der Waals surface area contributed by atoms with E-state index in [2.05, 4.69) is 10.5 Å². The van der Waals surface area contributed by atoms with Crippen molar-refractivity contribution in [2.75, 3.05) is 7.11 Å². The molecule has 0 bridgehead atoms. The van der Waals surface area contributed by atoms with E-state index in [1.807, 2.05) is 30.3 Å². The summed E-state index contributed by atoms with van der Waals surface area (Å²) in [5, 5.41) is 16.8. The second-order valence-electron chi connectivity index (χ2n) is 8.04. The van der Waals surface area contributed by atoms with Crippen LogP contribution in [-0.2, 0) is 4.79 Å². The van der Waals surface area contributed by atoms with E-state index in [0.29, 0.717) is 16.9 Å². The van der Waals surface area contributed by atoms with Gasteiger partial charge in [-0.25, -0.2) is 10.2 Å². The molecule has 0 aliphatic rings. The molecular weight excluding hydrogens is 490 g/mol. The average Bonchev–Trinajstić information content (AvgIpc) is 2.94. The first-order valence-corrected chi connectivity index (χ1v) is 11.5. The van der Waals surface area contributed by atoms with Gasteiger partial charge < -0.3 is 14.2 Å². The van der Waals surface area contributed by atoms with Crippen LogP contribution in [0.2, 0.25) is 0 Å². The lowest BCUT2D eigenvalue weighted by Crippen LogP contribution is -2.33. The average molecular weight is 514 g/mol. The minimum Gasteiger partial charge on any atom is -0.497 e. The smallest absolute Gasteiger partial charge is 0.343 e. The molecule has 4 aromatic rings. The Kier molecular flexibility index (Phi) is 7.92. The van der Waals surface area contributed by atoms with Gasteiger partial charge in [-0.1, -0.05) is 42.5 Å². The number of carbonyl (C=O) groups is 2. The van der Waals surface area contributed by atoms with E-state index in [4.69, 9.17) is 14.2 Å². The van der Waals surface area contributed by atoms with E-state index in [0.717, 1.165) is 10.8 Å². The monoisotopic (exact) mass is 513 g/mol. The molecule has 4 rings (SSSR count). The highest BCUT2D eigenvalue weighted by Crippen LogP contribution is 2.28. The molecule has 0 unspecified atom stereocenters. The number of esters is 1. The van der Waals surface area contributed by atoms with Crippen LogP contribution in [0, 0.1) is 10.1 Å². The summed E-state index contributed by atoms with van der Waals surface area (Å²) < 4.78 is 16.3. The number of nitro benzene ring substituents is 1. The summed E-state index contributed by atoms with van der Waals surface area (Å²) in [6.45, 7) is 1.45. The van der Waals surface area contributed by atoms with Gasteiger partial charge >= 0.3 is 11.7 Å². The lowest BCUT2D eigenvalue weighted by Gasteiger charge is -2.13. The third-order valence-electron chi connectivity index (χ3n) is 5.56. The number of hydrogen-bond acceptors (Lipinski definition) is 8. The van der Waals surface area contributed by atoms with E-state index in [-0.39, 0.29) is 17.2 Å². The van der Waals surface area contributed by atoms with Crippen molar-refractivity contribution in [1.29, 1.82) is 0 Å². The number of hydrogen-bond donors (Lipinski definition) is 1. The van der Waals surface area contributed by atoms with Crippen molar-refractivity contribution in [3.8, 4) is 17.2 Å². The molecule has 4 aromatic carbocycles. The van der Waals surface area contributed by atoms with Crippen molar-refractivity contribution in [1.82, 2.24) is 5.43 Å². The van der Waals surface area contributed by atoms with Crippen LogP contribution in [0.3, 0.4) is 0 Å². The number of ether oxygens (including phenoxy) is 3. The molecule has 0 saturated carbocycles. The number of rotatable bonds is 9. The van der Waals surface area contributed by atoms with Crippen molar-refractivity contribution in [2.24, 2.45) is 5.10 Å². The first-order chi connectivity index (χ1) is 18.4. The zero-order valence-electron chi connectivity index (χ0n) is 20.5. The Morgan fingerprint density at radius 1 is 0.947 bits per heavy atom. The molecule has 1 amide bonds. The minimum atomic E-state index is -1.08. The number of nitro groups is 1. The van der Waals surface area contributed by atoms with Gasteiger partial charge in [0.1, 0.15) is 11.5 Å². The molecule has 0 radical (unpaired) electrons. The van der Waals surface area contributed by atoms with Crippen LogP contribution in [0.15, 0.2) is 90.0 Å². The molecule has 10 nitrogen and oxygen atoms in total. The fraction of sp³-hybridized carbons (Fsp3) is 0.107. The predicted octanol–water partition coefficient (Wildman–Crippen LogP) is 4.89. The normalized spacial score (nSPS) is 11.6. The lowest BCUT2D eigenvalue weighted by molar-refractivity contribution is -0.386. The van der Waals surface area contributed by atoms with E-state index in [1.165, 1.54) is 38.4 Å². The Morgan fingerprint density at radius 3 is 2.39 bits per heavy atom. The zero-order chi connectivity index (χ0) is 27.1. The predicted molar refractivity (Wildman–Crippen MR) is 141 cm³/mol. The molecule has 38 heavy (non-hydrogen) atoms. The fourth-order valence-corrected chi connectivity index (χ4v) is 3.59. The van der Waals surface area contributed by atoms with Gasteiger partial charge in [0.15, 0.2) is 11.9 Å². The summed E-state index contributed by atoms with van der Waals surface area (Å²) >= 11 is 0. The third kappa shape index (κ3) is 5.93. The number of benzene rings is 4. The van der Waals surface area contributed by atoms with Crippen molar-refractivity contribution >= 4 is 34.6 Å². The molecule has 0 aliphatic heterocycles. The van der Waals surface area contributed by atoms with Gasteiger partial charge in [0.25, 0.3) is 5.91 Å². The van der Waals surface area contributed by atoms with Crippen molar-refractivity contribution in [2.45, 2.75) is 13.0 Å². The van der Waals surface area contributed by atoms with Crippen LogP contribution in [0.1, 0.15) is 22.8 Å². The van der Waals surface area contributed by atoms with E-state index in [9.17, 15) is 19.7 Å². The van der Waals surface area contributed by atoms with Gasteiger partial charge in [0.2, 0.25) is 0 Å². The number of para-hydroxylation sites is 2. The highest BCUT2D eigenvalue weighted by atomic mass is 16.6. The molecule has 0 aliphatic carbocycles. The zero-order valence-corrected chi connectivity index (χ0v) is 20.5. The maximum absolute atomic E-state index is 12.8. The Hall–Kier alpha value is -5.25. The first-order valence-electron chi connectivity index (χ1n) is 11.5. The van der Waals surface area contributed by atoms with Gasteiger partial charge in [-0.3, -0.25) is 14.9 Å². The fourth-order valence-electron chi connectivity index (χ4n) is 3.59. The number of nitrogens with zero attached hydrogens (tertiary/aromatic N) is 2. The van der Waals surface area contributed by atoms with Crippen LogP contribution in [0.4, 0.5) is 5.69 Å². The van der Waals surface area contributed by atoms with Crippen molar-refractivity contribution < 1.29 is 28.7 Å². The second-order valence-corrected chi connectivity index (χ2v) is 8.04. The number of carbonyl (C=O) groups excluding carboxylic acids is 2. The molecule has 10 heteroatoms. The molecular formula is C28H23N3O7. The number of methoxy groups -OCH3 is 1. The molecule has 0 heterocycles. The third-order valence-corrected chi connectivity index (χ3v) is 5.56. The first kappa shape index (κ1) is 25.8. The van der Waals surface area contributed by atoms with Gasteiger partial charge in [0, 0.05) is 11.6 Å². The van der Waals surface area contributed by atoms with Gasteiger partial charge in [0.05, 0.1) is 23.8 Å². The van der Waals surface area contributed by atoms with Crippen LogP contribution in [0.5, 0.6) is 17.2 Å². The minimum absolute atomic E-state index is 0.0362. The van der Waals surface area contributed by atoms with Gasteiger partial charge in [-0.15, -0.1) is 0 Å².